The summed E-state index contributed by atoms with van der Waals surface area (Å²) in [5.41, 5.74) is 4.91. The Labute approximate surface area is 194 Å². The highest BCUT2D eigenvalue weighted by molar-refractivity contribution is 6.31. The molecule has 5 aromatic rings. The lowest BCUT2D eigenvalue weighted by Gasteiger charge is -2.46. The van der Waals surface area contributed by atoms with Crippen molar-refractivity contribution in [3.8, 4) is 0 Å². The number of aromatic nitrogens is 2. The molecule has 170 valence electrons. The van der Waals surface area contributed by atoms with Crippen molar-refractivity contribution in [1.29, 1.82) is 0 Å². The van der Waals surface area contributed by atoms with E-state index in [1.807, 2.05) is 38.2 Å². The smallest absolute Gasteiger partial charge is 0.252 e. The first kappa shape index (κ1) is 19.0. The number of aliphatic hydroxyl groups excluding tert-OH is 1. The summed E-state index contributed by atoms with van der Waals surface area (Å²) in [4.78, 5) is 13.3. The highest BCUT2D eigenvalue weighted by atomic mass is 16.6. The van der Waals surface area contributed by atoms with Crippen molar-refractivity contribution in [2.24, 2.45) is 0 Å². The molecule has 3 aliphatic heterocycles. The SMILES string of the molecule is CN[C@@H]1C[C@H]2O[C@@](C)([C@@H]1O)n1c3ccccc3c3c4c(c5c6ccccc6n2c5c31)C(=O)NC4. The van der Waals surface area contributed by atoms with Crippen LogP contribution >= 0.6 is 0 Å². The monoisotopic (exact) mass is 452 g/mol. The first-order chi connectivity index (χ1) is 16.5. The predicted octanol–water partition coefficient (Wildman–Crippen LogP) is 3.70. The molecule has 3 N–H and O–H groups in total. The highest BCUT2D eigenvalue weighted by Crippen LogP contribution is 2.53. The minimum absolute atomic E-state index is 0.0240. The van der Waals surface area contributed by atoms with Gasteiger partial charge in [-0.3, -0.25) is 4.79 Å². The summed E-state index contributed by atoms with van der Waals surface area (Å²) < 4.78 is 11.3. The number of ether oxygens (including phenoxy) is 1. The molecule has 1 fully saturated rings. The first-order valence-electron chi connectivity index (χ1n) is 11.9. The number of aliphatic hydroxyl groups is 1. The molecule has 3 aliphatic rings. The number of rotatable bonds is 1. The number of carbonyl (C=O) groups is 1. The number of benzene rings is 3. The Hall–Kier alpha value is -3.39. The average molecular weight is 453 g/mol. The molecule has 4 atom stereocenters. The Morgan fingerprint density at radius 3 is 2.53 bits per heavy atom. The molecule has 5 heterocycles. The van der Waals surface area contributed by atoms with E-state index in [4.69, 9.17) is 4.74 Å². The summed E-state index contributed by atoms with van der Waals surface area (Å²) >= 11 is 0. The molecule has 1 amide bonds. The van der Waals surface area contributed by atoms with Crippen LogP contribution in [0.3, 0.4) is 0 Å². The van der Waals surface area contributed by atoms with Crippen LogP contribution in [0.25, 0.3) is 43.6 Å². The van der Waals surface area contributed by atoms with Crippen molar-refractivity contribution < 1.29 is 14.6 Å². The maximum Gasteiger partial charge on any atom is 0.252 e. The second-order valence-corrected chi connectivity index (χ2v) is 9.93. The van der Waals surface area contributed by atoms with E-state index < -0.39 is 11.8 Å². The maximum atomic E-state index is 13.3. The Kier molecular flexibility index (Phi) is 3.34. The number of hydrogen-bond donors (Lipinski definition) is 3. The number of fused-ring (bicyclic) bond motifs is 13. The van der Waals surface area contributed by atoms with Gasteiger partial charge in [0.15, 0.2) is 5.72 Å². The third-order valence-corrected chi connectivity index (χ3v) is 8.38. The lowest BCUT2D eigenvalue weighted by Crippen LogP contribution is -2.58. The Morgan fingerprint density at radius 1 is 1.06 bits per heavy atom. The first-order valence-corrected chi connectivity index (χ1v) is 11.9. The van der Waals surface area contributed by atoms with Crippen LogP contribution in [-0.2, 0) is 17.0 Å². The van der Waals surface area contributed by atoms with E-state index in [0.29, 0.717) is 13.0 Å². The topological polar surface area (TPSA) is 80.4 Å². The van der Waals surface area contributed by atoms with Gasteiger partial charge in [0.1, 0.15) is 12.3 Å². The number of nitrogens with zero attached hydrogens (tertiary/aromatic N) is 2. The van der Waals surface area contributed by atoms with Crippen molar-refractivity contribution in [3.05, 3.63) is 59.7 Å². The number of amides is 1. The third kappa shape index (κ3) is 1.92. The summed E-state index contributed by atoms with van der Waals surface area (Å²) in [6, 6.07) is 16.4. The van der Waals surface area contributed by atoms with Gasteiger partial charge in [-0.25, -0.2) is 0 Å². The normalized spacial score (nSPS) is 27.7. The van der Waals surface area contributed by atoms with Crippen LogP contribution in [0, 0.1) is 0 Å². The fraction of sp³-hybridized carbons (Fsp3) is 0.296. The lowest BCUT2D eigenvalue weighted by molar-refractivity contribution is -0.249. The molecule has 0 saturated carbocycles. The number of likely N-dealkylation sites (N-methyl/N-ethyl adjacent to an activating group) is 1. The minimum atomic E-state index is -0.991. The van der Waals surface area contributed by atoms with E-state index in [-0.39, 0.29) is 18.2 Å². The fourth-order valence-electron chi connectivity index (χ4n) is 6.97. The van der Waals surface area contributed by atoms with Crippen molar-refractivity contribution in [1.82, 2.24) is 19.8 Å². The molecule has 0 radical (unpaired) electrons. The number of para-hydroxylation sites is 2. The van der Waals surface area contributed by atoms with Crippen LogP contribution in [0.5, 0.6) is 0 Å². The van der Waals surface area contributed by atoms with Crippen LogP contribution < -0.4 is 10.6 Å². The molecular formula is C27H24N4O3. The summed E-state index contributed by atoms with van der Waals surface area (Å²) in [6.45, 7) is 2.49. The molecule has 2 aromatic heterocycles. The molecule has 7 nitrogen and oxygen atoms in total. The van der Waals surface area contributed by atoms with Gasteiger partial charge in [-0.15, -0.1) is 0 Å². The molecule has 1 saturated heterocycles. The Bertz CT molecular complexity index is 1730. The second-order valence-electron chi connectivity index (χ2n) is 9.93. The zero-order chi connectivity index (χ0) is 22.9. The zero-order valence-corrected chi connectivity index (χ0v) is 18.9. The van der Waals surface area contributed by atoms with Crippen LogP contribution in [0.15, 0.2) is 48.5 Å². The van der Waals surface area contributed by atoms with E-state index in [2.05, 4.69) is 44.0 Å². The highest BCUT2D eigenvalue weighted by Gasteiger charge is 2.52. The van der Waals surface area contributed by atoms with Crippen LogP contribution in [0.4, 0.5) is 0 Å². The third-order valence-electron chi connectivity index (χ3n) is 8.38. The molecule has 0 spiro atoms. The Morgan fingerprint density at radius 2 is 1.76 bits per heavy atom. The summed E-state index contributed by atoms with van der Waals surface area (Å²) in [5, 5.41) is 22.2. The van der Waals surface area contributed by atoms with Gasteiger partial charge in [-0.1, -0.05) is 36.4 Å². The molecule has 34 heavy (non-hydrogen) atoms. The van der Waals surface area contributed by atoms with Gasteiger partial charge < -0.3 is 29.6 Å². The van der Waals surface area contributed by atoms with Gasteiger partial charge >= 0.3 is 0 Å². The zero-order valence-electron chi connectivity index (χ0n) is 18.9. The van der Waals surface area contributed by atoms with Gasteiger partial charge in [0, 0.05) is 40.6 Å². The van der Waals surface area contributed by atoms with Crippen molar-refractivity contribution in [2.45, 2.75) is 44.0 Å². The van der Waals surface area contributed by atoms with Crippen molar-refractivity contribution in [3.63, 3.8) is 0 Å². The molecule has 0 unspecified atom stereocenters. The Balaban J connectivity index is 1.74. The van der Waals surface area contributed by atoms with Gasteiger partial charge in [-0.2, -0.15) is 0 Å². The predicted molar refractivity (Wildman–Crippen MR) is 131 cm³/mol. The van der Waals surface area contributed by atoms with E-state index in [0.717, 1.165) is 54.7 Å². The molecular weight excluding hydrogens is 428 g/mol. The van der Waals surface area contributed by atoms with E-state index in [1.165, 1.54) is 0 Å². The van der Waals surface area contributed by atoms with E-state index in [1.54, 1.807) is 0 Å². The van der Waals surface area contributed by atoms with E-state index in [9.17, 15) is 9.90 Å². The number of nitrogens with one attached hydrogen (secondary N) is 2. The number of hydrogen-bond acceptors (Lipinski definition) is 4. The lowest BCUT2D eigenvalue weighted by atomic mass is 9.93. The van der Waals surface area contributed by atoms with Crippen molar-refractivity contribution in [2.75, 3.05) is 7.05 Å². The van der Waals surface area contributed by atoms with Gasteiger partial charge in [0.05, 0.1) is 27.6 Å². The van der Waals surface area contributed by atoms with Crippen LogP contribution in [-0.4, -0.2) is 39.3 Å². The second kappa shape index (κ2) is 5.99. The molecule has 8 rings (SSSR count). The van der Waals surface area contributed by atoms with Crippen molar-refractivity contribution >= 4 is 49.5 Å². The van der Waals surface area contributed by atoms with Gasteiger partial charge in [-0.05, 0) is 31.7 Å². The minimum Gasteiger partial charge on any atom is -0.386 e. The van der Waals surface area contributed by atoms with Crippen LogP contribution in [0.1, 0.15) is 35.5 Å². The maximum absolute atomic E-state index is 13.3. The van der Waals surface area contributed by atoms with Gasteiger partial charge in [0.2, 0.25) is 0 Å². The summed E-state index contributed by atoms with van der Waals surface area (Å²) in [6.07, 6.45) is -0.432. The largest absolute Gasteiger partial charge is 0.386 e. The van der Waals surface area contributed by atoms with Gasteiger partial charge in [0.25, 0.3) is 5.91 Å². The number of carbonyl (C=O) groups excluding carboxylic acids is 1. The summed E-state index contributed by atoms with van der Waals surface area (Å²) in [7, 11) is 1.90. The molecule has 7 heteroatoms. The average Bonchev–Trinajstić information content (AvgIpc) is 3.48. The molecule has 2 bridgehead atoms. The quantitative estimate of drug-likeness (QED) is 0.362. The standard InChI is InChI=1S/C27H24N4O3/c1-27-25(32)16(28-2)11-19(34-27)30-17-9-5-3-7-13(17)21-22-15(12-29-26(22)33)20-14-8-4-6-10-18(14)31(27)24(20)23(21)30/h3-10,16,19,25,28,32H,11-12H2,1-2H3,(H,29,33)/t16-,19-,25-,27+/m1/s1. The fourth-order valence-corrected chi connectivity index (χ4v) is 6.97. The van der Waals surface area contributed by atoms with Crippen LogP contribution in [0.2, 0.25) is 0 Å². The summed E-state index contributed by atoms with van der Waals surface area (Å²) in [5.74, 6) is -0.0240. The molecule has 0 aliphatic carbocycles. The molecule has 3 aromatic carbocycles. The van der Waals surface area contributed by atoms with E-state index >= 15 is 0 Å².